The highest BCUT2D eigenvalue weighted by Gasteiger charge is 2.12. The molecule has 0 unspecified atom stereocenters. The van der Waals surface area contributed by atoms with Crippen molar-refractivity contribution in [3.63, 3.8) is 0 Å². The van der Waals surface area contributed by atoms with Crippen LogP contribution in [0, 0.1) is 0 Å². The van der Waals surface area contributed by atoms with E-state index in [1.807, 2.05) is 16.8 Å². The third kappa shape index (κ3) is 3.65. The molecule has 3 nitrogen and oxygen atoms in total. The van der Waals surface area contributed by atoms with E-state index in [0.29, 0.717) is 13.0 Å². The molecule has 0 spiro atoms. The van der Waals surface area contributed by atoms with E-state index in [1.54, 1.807) is 35.6 Å². The number of hydrogen-bond acceptors (Lipinski definition) is 3. The Balaban J connectivity index is 1.97. The van der Waals surface area contributed by atoms with Crippen LogP contribution < -0.4 is 4.72 Å². The molecule has 0 bridgehead atoms. The fraction of sp³-hybridized carbons (Fsp3) is 0.167. The molecule has 1 aromatic heterocycles. The molecule has 0 saturated heterocycles. The first-order valence-electron chi connectivity index (χ1n) is 5.34. The molecule has 6 heteroatoms. The van der Waals surface area contributed by atoms with E-state index in [-0.39, 0.29) is 4.90 Å². The summed E-state index contributed by atoms with van der Waals surface area (Å²) in [6.45, 7) is 0.412. The topological polar surface area (TPSA) is 46.2 Å². The maximum atomic E-state index is 11.9. The molecule has 96 valence electrons. The Morgan fingerprint density at radius 1 is 1.17 bits per heavy atom. The molecule has 0 aliphatic carbocycles. The van der Waals surface area contributed by atoms with Gasteiger partial charge < -0.3 is 0 Å². The number of rotatable bonds is 5. The van der Waals surface area contributed by atoms with Crippen molar-refractivity contribution in [1.82, 2.24) is 4.72 Å². The maximum absolute atomic E-state index is 11.9. The van der Waals surface area contributed by atoms with Crippen molar-refractivity contribution in [3.05, 3.63) is 51.1 Å². The van der Waals surface area contributed by atoms with Crippen LogP contribution in [0.3, 0.4) is 0 Å². The minimum atomic E-state index is -3.40. The van der Waals surface area contributed by atoms with E-state index < -0.39 is 10.0 Å². The van der Waals surface area contributed by atoms with E-state index >= 15 is 0 Å². The van der Waals surface area contributed by atoms with Crippen LogP contribution in [-0.4, -0.2) is 15.0 Å². The molecule has 1 heterocycles. The van der Waals surface area contributed by atoms with Crippen LogP contribution in [0.4, 0.5) is 0 Å². The Kier molecular flexibility index (Phi) is 4.55. The molecule has 0 aliphatic heterocycles. The van der Waals surface area contributed by atoms with Crippen LogP contribution in [0.15, 0.2) is 50.5 Å². The summed E-state index contributed by atoms with van der Waals surface area (Å²) in [5.74, 6) is 0. The van der Waals surface area contributed by atoms with E-state index in [9.17, 15) is 8.42 Å². The van der Waals surface area contributed by atoms with E-state index in [4.69, 9.17) is 0 Å². The summed E-state index contributed by atoms with van der Waals surface area (Å²) in [4.78, 5) is 0.288. The first kappa shape index (κ1) is 13.7. The summed E-state index contributed by atoms with van der Waals surface area (Å²) < 4.78 is 27.4. The van der Waals surface area contributed by atoms with Gasteiger partial charge >= 0.3 is 0 Å². The van der Waals surface area contributed by atoms with Gasteiger partial charge in [-0.05, 0) is 53.1 Å². The molecule has 1 N–H and O–H groups in total. The lowest BCUT2D eigenvalue weighted by atomic mass is 10.2. The van der Waals surface area contributed by atoms with Gasteiger partial charge in [0, 0.05) is 11.0 Å². The van der Waals surface area contributed by atoms with Gasteiger partial charge in [0.2, 0.25) is 10.0 Å². The minimum Gasteiger partial charge on any atom is -0.211 e. The molecular weight excluding hydrogens is 334 g/mol. The monoisotopic (exact) mass is 345 g/mol. The maximum Gasteiger partial charge on any atom is 0.240 e. The largest absolute Gasteiger partial charge is 0.240 e. The summed E-state index contributed by atoms with van der Waals surface area (Å²) in [7, 11) is -3.40. The Morgan fingerprint density at radius 3 is 2.50 bits per heavy atom. The van der Waals surface area contributed by atoms with Crippen LogP contribution in [0.5, 0.6) is 0 Å². The van der Waals surface area contributed by atoms with Crippen LogP contribution in [0.1, 0.15) is 5.56 Å². The zero-order chi connectivity index (χ0) is 13.0. The predicted molar refractivity (Wildman–Crippen MR) is 77.4 cm³/mol. The van der Waals surface area contributed by atoms with Crippen molar-refractivity contribution in [3.8, 4) is 0 Å². The van der Waals surface area contributed by atoms with E-state index in [0.717, 1.165) is 10.0 Å². The standard InChI is InChI=1S/C12H12BrNO2S2/c13-11-1-3-12(4-2-11)18(15,16)14-7-5-10-6-8-17-9-10/h1-4,6,8-9,14H,5,7H2. The Morgan fingerprint density at radius 2 is 1.89 bits per heavy atom. The quantitative estimate of drug-likeness (QED) is 0.905. The average molecular weight is 346 g/mol. The molecule has 2 aromatic rings. The third-order valence-corrected chi connectivity index (χ3v) is 5.15. The summed E-state index contributed by atoms with van der Waals surface area (Å²) in [5, 5.41) is 4.01. The van der Waals surface area contributed by atoms with Crippen LogP contribution in [-0.2, 0) is 16.4 Å². The normalized spacial score (nSPS) is 11.6. The number of halogens is 1. The van der Waals surface area contributed by atoms with Crippen LogP contribution in [0.2, 0.25) is 0 Å². The molecule has 0 fully saturated rings. The lowest BCUT2D eigenvalue weighted by molar-refractivity contribution is 0.581. The van der Waals surface area contributed by atoms with Gasteiger partial charge in [-0.3, -0.25) is 0 Å². The third-order valence-electron chi connectivity index (χ3n) is 2.41. The lowest BCUT2D eigenvalue weighted by Crippen LogP contribution is -2.25. The molecule has 0 saturated carbocycles. The zero-order valence-electron chi connectivity index (χ0n) is 9.47. The molecule has 1 aromatic carbocycles. The number of benzene rings is 1. The fourth-order valence-corrected chi connectivity index (χ4v) is 3.46. The van der Waals surface area contributed by atoms with Gasteiger partial charge in [0.25, 0.3) is 0 Å². The van der Waals surface area contributed by atoms with Gasteiger partial charge in [0.05, 0.1) is 4.90 Å². The highest BCUT2D eigenvalue weighted by atomic mass is 79.9. The number of thiophene rings is 1. The molecule has 0 aliphatic rings. The Labute approximate surface area is 119 Å². The second-order valence-electron chi connectivity index (χ2n) is 3.73. The van der Waals surface area contributed by atoms with Crippen LogP contribution in [0.25, 0.3) is 0 Å². The second-order valence-corrected chi connectivity index (χ2v) is 7.20. The van der Waals surface area contributed by atoms with Gasteiger partial charge in [0.1, 0.15) is 0 Å². The number of nitrogens with one attached hydrogen (secondary N) is 1. The van der Waals surface area contributed by atoms with Crippen molar-refractivity contribution in [2.45, 2.75) is 11.3 Å². The second kappa shape index (κ2) is 5.97. The highest BCUT2D eigenvalue weighted by Crippen LogP contribution is 2.14. The van der Waals surface area contributed by atoms with Crippen molar-refractivity contribution >= 4 is 37.3 Å². The molecule has 0 amide bonds. The summed E-state index contributed by atoms with van der Waals surface area (Å²) >= 11 is 4.89. The van der Waals surface area contributed by atoms with Crippen molar-refractivity contribution in [2.24, 2.45) is 0 Å². The van der Waals surface area contributed by atoms with Crippen molar-refractivity contribution in [1.29, 1.82) is 0 Å². The molecule has 2 rings (SSSR count). The van der Waals surface area contributed by atoms with E-state index in [2.05, 4.69) is 20.7 Å². The van der Waals surface area contributed by atoms with Gasteiger partial charge in [0.15, 0.2) is 0 Å². The van der Waals surface area contributed by atoms with E-state index in [1.165, 1.54) is 0 Å². The summed E-state index contributed by atoms with van der Waals surface area (Å²) in [6.07, 6.45) is 0.708. The minimum absolute atomic E-state index is 0.288. The molecule has 0 radical (unpaired) electrons. The SMILES string of the molecule is O=S(=O)(NCCc1ccsc1)c1ccc(Br)cc1. The average Bonchev–Trinajstić information content (AvgIpc) is 2.82. The Hall–Kier alpha value is -0.690. The number of sulfonamides is 1. The van der Waals surface area contributed by atoms with Gasteiger partial charge in [-0.1, -0.05) is 15.9 Å². The number of hydrogen-bond donors (Lipinski definition) is 1. The first-order valence-corrected chi connectivity index (χ1v) is 8.56. The fourth-order valence-electron chi connectivity index (χ4n) is 1.46. The Bertz CT molecular complexity index is 592. The lowest BCUT2D eigenvalue weighted by Gasteiger charge is -2.06. The van der Waals surface area contributed by atoms with Crippen LogP contribution >= 0.6 is 27.3 Å². The van der Waals surface area contributed by atoms with Gasteiger partial charge in [-0.25, -0.2) is 13.1 Å². The molecule has 0 atom stereocenters. The zero-order valence-corrected chi connectivity index (χ0v) is 12.7. The molecule has 18 heavy (non-hydrogen) atoms. The first-order chi connectivity index (χ1) is 8.58. The summed E-state index contributed by atoms with van der Waals surface area (Å²) in [5.41, 5.74) is 1.15. The van der Waals surface area contributed by atoms with Gasteiger partial charge in [-0.15, -0.1) is 0 Å². The van der Waals surface area contributed by atoms with Crippen molar-refractivity contribution in [2.75, 3.05) is 6.54 Å². The van der Waals surface area contributed by atoms with Gasteiger partial charge in [-0.2, -0.15) is 11.3 Å². The van der Waals surface area contributed by atoms with Crippen molar-refractivity contribution < 1.29 is 8.42 Å². The summed E-state index contributed by atoms with van der Waals surface area (Å²) in [6, 6.07) is 8.59. The molecular formula is C12H12BrNO2S2. The predicted octanol–water partition coefficient (Wildman–Crippen LogP) is 3.03. The smallest absolute Gasteiger partial charge is 0.211 e. The highest BCUT2D eigenvalue weighted by molar-refractivity contribution is 9.10.